The van der Waals surface area contributed by atoms with Crippen LogP contribution in [-0.2, 0) is 14.3 Å². The number of ether oxygens (including phenoxy) is 1. The van der Waals surface area contributed by atoms with E-state index in [0.717, 1.165) is 12.8 Å². The lowest BCUT2D eigenvalue weighted by Crippen LogP contribution is -2.40. The van der Waals surface area contributed by atoms with Crippen LogP contribution in [0.4, 0.5) is 0 Å². The van der Waals surface area contributed by atoms with E-state index >= 15 is 0 Å². The number of allylic oxidation sites excluding steroid dienone is 5. The number of ketones is 1. The van der Waals surface area contributed by atoms with Crippen LogP contribution in [0.2, 0.25) is 0 Å². The predicted octanol–water partition coefficient (Wildman–Crippen LogP) is 3.51. The van der Waals surface area contributed by atoms with Crippen molar-refractivity contribution < 1.29 is 19.4 Å². The molecule has 0 fully saturated rings. The average Bonchev–Trinajstić information content (AvgIpc) is 2.48. The largest absolute Gasteiger partial charge is 0.469 e. The molecule has 0 aromatic heterocycles. The number of hydrogen-bond acceptors (Lipinski definition) is 4. The first kappa shape index (κ1) is 19.4. The number of hydrogen-bond donors (Lipinski definition) is 1. The van der Waals surface area contributed by atoms with E-state index in [2.05, 4.69) is 19.9 Å². The molecule has 0 radical (unpaired) electrons. The van der Waals surface area contributed by atoms with Crippen molar-refractivity contribution in [3.05, 3.63) is 35.5 Å². The van der Waals surface area contributed by atoms with Gasteiger partial charge in [-0.25, -0.2) is 0 Å². The SMILES string of the molecule is COC(=O)C[C@@]1(C/C=C(\C)CCC=C(C)C)CC(=O)C=C[C@@H]1O. The van der Waals surface area contributed by atoms with Gasteiger partial charge in [-0.3, -0.25) is 9.59 Å². The minimum absolute atomic E-state index is 0.0402. The van der Waals surface area contributed by atoms with Gasteiger partial charge in [0.2, 0.25) is 0 Å². The molecule has 0 amide bonds. The summed E-state index contributed by atoms with van der Waals surface area (Å²) in [4.78, 5) is 23.5. The molecular weight excluding hydrogens is 292 g/mol. The Hall–Kier alpha value is -1.68. The van der Waals surface area contributed by atoms with Crippen LogP contribution in [0.5, 0.6) is 0 Å². The fourth-order valence-electron chi connectivity index (χ4n) is 2.77. The number of aliphatic hydroxyl groups is 1. The Morgan fingerprint density at radius 1 is 1.39 bits per heavy atom. The molecular formula is C19H28O4. The average molecular weight is 320 g/mol. The summed E-state index contributed by atoms with van der Waals surface area (Å²) in [6.45, 7) is 6.18. The second-order valence-electron chi connectivity index (χ2n) is 6.64. The molecule has 0 saturated heterocycles. The highest BCUT2D eigenvalue weighted by atomic mass is 16.5. The fraction of sp³-hybridized carbons (Fsp3) is 0.579. The Kier molecular flexibility index (Phi) is 7.43. The van der Waals surface area contributed by atoms with Gasteiger partial charge in [0, 0.05) is 11.8 Å². The fourth-order valence-corrected chi connectivity index (χ4v) is 2.77. The van der Waals surface area contributed by atoms with Crippen LogP contribution in [0.15, 0.2) is 35.5 Å². The second-order valence-corrected chi connectivity index (χ2v) is 6.64. The summed E-state index contributed by atoms with van der Waals surface area (Å²) < 4.78 is 4.75. The van der Waals surface area contributed by atoms with Crippen LogP contribution in [0.3, 0.4) is 0 Å². The zero-order chi connectivity index (χ0) is 17.5. The summed E-state index contributed by atoms with van der Waals surface area (Å²) in [5.74, 6) is -0.461. The van der Waals surface area contributed by atoms with Gasteiger partial charge in [0.05, 0.1) is 19.6 Å². The van der Waals surface area contributed by atoms with Crippen LogP contribution in [0.25, 0.3) is 0 Å². The molecule has 0 aromatic rings. The lowest BCUT2D eigenvalue weighted by atomic mass is 9.69. The lowest BCUT2D eigenvalue weighted by Gasteiger charge is -2.36. The molecule has 1 aliphatic carbocycles. The number of rotatable bonds is 7. The molecule has 0 aromatic carbocycles. The van der Waals surface area contributed by atoms with Gasteiger partial charge in [0.1, 0.15) is 0 Å². The van der Waals surface area contributed by atoms with E-state index in [0.29, 0.717) is 6.42 Å². The molecule has 23 heavy (non-hydrogen) atoms. The minimum Gasteiger partial charge on any atom is -0.469 e. The number of esters is 1. The highest BCUT2D eigenvalue weighted by molar-refractivity contribution is 5.92. The summed E-state index contributed by atoms with van der Waals surface area (Å²) in [6.07, 6.45) is 8.87. The Morgan fingerprint density at radius 2 is 2.09 bits per heavy atom. The first-order valence-electron chi connectivity index (χ1n) is 8.04. The maximum absolute atomic E-state index is 11.8. The Bertz CT molecular complexity index is 523. The third-order valence-corrected chi connectivity index (χ3v) is 4.29. The van der Waals surface area contributed by atoms with Crippen molar-refractivity contribution in [2.24, 2.45) is 5.41 Å². The van der Waals surface area contributed by atoms with E-state index in [1.807, 2.05) is 13.0 Å². The summed E-state index contributed by atoms with van der Waals surface area (Å²) in [7, 11) is 1.32. The van der Waals surface area contributed by atoms with E-state index in [-0.39, 0.29) is 18.6 Å². The van der Waals surface area contributed by atoms with Gasteiger partial charge in [-0.1, -0.05) is 29.4 Å². The van der Waals surface area contributed by atoms with E-state index in [4.69, 9.17) is 4.74 Å². The van der Waals surface area contributed by atoms with Gasteiger partial charge in [-0.15, -0.1) is 0 Å². The first-order valence-corrected chi connectivity index (χ1v) is 8.04. The van der Waals surface area contributed by atoms with Gasteiger partial charge >= 0.3 is 5.97 Å². The maximum Gasteiger partial charge on any atom is 0.306 e. The summed E-state index contributed by atoms with van der Waals surface area (Å²) >= 11 is 0. The maximum atomic E-state index is 11.8. The molecule has 1 aliphatic rings. The highest BCUT2D eigenvalue weighted by Gasteiger charge is 2.42. The van der Waals surface area contributed by atoms with Crippen LogP contribution in [0.1, 0.15) is 52.9 Å². The molecule has 4 nitrogen and oxygen atoms in total. The van der Waals surface area contributed by atoms with Crippen molar-refractivity contribution in [1.29, 1.82) is 0 Å². The van der Waals surface area contributed by atoms with Crippen molar-refractivity contribution in [2.45, 2.75) is 59.0 Å². The van der Waals surface area contributed by atoms with Gasteiger partial charge in [-0.05, 0) is 46.1 Å². The number of carbonyl (C=O) groups excluding carboxylic acids is 2. The summed E-state index contributed by atoms with van der Waals surface area (Å²) in [5, 5.41) is 10.4. The predicted molar refractivity (Wildman–Crippen MR) is 90.9 cm³/mol. The van der Waals surface area contributed by atoms with Crippen LogP contribution >= 0.6 is 0 Å². The van der Waals surface area contributed by atoms with Crippen molar-refractivity contribution in [1.82, 2.24) is 0 Å². The molecule has 1 rings (SSSR count). The van der Waals surface area contributed by atoms with Crippen LogP contribution < -0.4 is 0 Å². The van der Waals surface area contributed by atoms with Crippen molar-refractivity contribution in [3.8, 4) is 0 Å². The molecule has 128 valence electrons. The quantitative estimate of drug-likeness (QED) is 0.576. The summed E-state index contributed by atoms with van der Waals surface area (Å²) in [6, 6.07) is 0. The molecule has 0 spiro atoms. The molecule has 1 N–H and O–H groups in total. The lowest BCUT2D eigenvalue weighted by molar-refractivity contribution is -0.146. The first-order chi connectivity index (χ1) is 10.8. The number of aliphatic hydroxyl groups excluding tert-OH is 1. The van der Waals surface area contributed by atoms with Gasteiger partial charge < -0.3 is 9.84 Å². The van der Waals surface area contributed by atoms with Crippen LogP contribution in [-0.4, -0.2) is 30.1 Å². The molecule has 0 aliphatic heterocycles. The monoisotopic (exact) mass is 320 g/mol. The zero-order valence-corrected chi connectivity index (χ0v) is 14.6. The topological polar surface area (TPSA) is 63.6 Å². The van der Waals surface area contributed by atoms with E-state index in [9.17, 15) is 14.7 Å². The molecule has 0 bridgehead atoms. The molecule has 2 atom stereocenters. The Morgan fingerprint density at radius 3 is 2.70 bits per heavy atom. The third-order valence-electron chi connectivity index (χ3n) is 4.29. The normalized spacial score (nSPS) is 24.5. The smallest absolute Gasteiger partial charge is 0.306 e. The molecule has 4 heteroatoms. The third kappa shape index (κ3) is 6.14. The highest BCUT2D eigenvalue weighted by Crippen LogP contribution is 2.40. The van der Waals surface area contributed by atoms with Gasteiger partial charge in [-0.2, -0.15) is 0 Å². The number of carbonyl (C=O) groups is 2. The van der Waals surface area contributed by atoms with E-state index in [1.165, 1.54) is 30.4 Å². The van der Waals surface area contributed by atoms with Gasteiger partial charge in [0.15, 0.2) is 5.78 Å². The van der Waals surface area contributed by atoms with E-state index < -0.39 is 17.5 Å². The van der Waals surface area contributed by atoms with Crippen LogP contribution in [0, 0.1) is 5.41 Å². The van der Waals surface area contributed by atoms with Crippen molar-refractivity contribution in [2.75, 3.05) is 7.11 Å². The molecule has 0 heterocycles. The number of methoxy groups -OCH3 is 1. The minimum atomic E-state index is -0.818. The second kappa shape index (κ2) is 8.82. The standard InChI is InChI=1S/C19H28O4/c1-14(2)6-5-7-15(3)10-11-19(13-18(22)23-4)12-16(20)8-9-17(19)21/h6,8-10,17,21H,5,7,11-13H2,1-4H3/b15-10+/t17-,19+/m0/s1. The van der Waals surface area contributed by atoms with Crippen molar-refractivity contribution >= 4 is 11.8 Å². The van der Waals surface area contributed by atoms with Gasteiger partial charge in [0.25, 0.3) is 0 Å². The molecule has 0 saturated carbocycles. The Balaban J connectivity index is 2.85. The van der Waals surface area contributed by atoms with Crippen molar-refractivity contribution in [3.63, 3.8) is 0 Å². The summed E-state index contributed by atoms with van der Waals surface area (Å²) in [5.41, 5.74) is 1.69. The Labute approximate surface area is 138 Å². The molecule has 0 unspecified atom stereocenters. The zero-order valence-electron chi connectivity index (χ0n) is 14.6. The van der Waals surface area contributed by atoms with E-state index in [1.54, 1.807) is 0 Å².